The molecule has 2 aromatic carbocycles. The zero-order valence-corrected chi connectivity index (χ0v) is 16.2. The highest BCUT2D eigenvalue weighted by molar-refractivity contribution is 7.95. The third-order valence-corrected chi connectivity index (χ3v) is 6.55. The molecule has 3 aromatic rings. The van der Waals surface area contributed by atoms with Crippen molar-refractivity contribution in [1.29, 1.82) is 5.26 Å². The minimum atomic E-state index is -4.25. The molecule has 0 unspecified atom stereocenters. The van der Waals surface area contributed by atoms with Crippen molar-refractivity contribution in [3.05, 3.63) is 60.3 Å². The van der Waals surface area contributed by atoms with E-state index in [1.807, 2.05) is 6.07 Å². The molecule has 0 aliphatic heterocycles. The number of nitrogen functional groups attached to an aromatic ring is 1. The van der Waals surface area contributed by atoms with Crippen LogP contribution in [0.4, 0.5) is 11.5 Å². The van der Waals surface area contributed by atoms with Gasteiger partial charge in [0.2, 0.25) is 0 Å². The molecule has 0 atom stereocenters. The summed E-state index contributed by atoms with van der Waals surface area (Å²) in [6, 6.07) is 13.5. The van der Waals surface area contributed by atoms with Crippen LogP contribution in [0.15, 0.2) is 64.5 Å². The highest BCUT2D eigenvalue weighted by Gasteiger charge is 2.25. The first-order valence-electron chi connectivity index (χ1n) is 7.80. The maximum atomic E-state index is 12.9. The van der Waals surface area contributed by atoms with Crippen molar-refractivity contribution in [2.75, 3.05) is 16.7 Å². The molecule has 0 bridgehead atoms. The molecule has 3 rings (SSSR count). The van der Waals surface area contributed by atoms with E-state index in [0.717, 1.165) is 6.26 Å². The van der Waals surface area contributed by atoms with Crippen molar-refractivity contribution in [1.82, 2.24) is 9.78 Å². The number of sulfonamides is 1. The second-order valence-electron chi connectivity index (χ2n) is 5.81. The Hall–Kier alpha value is -3.36. The maximum Gasteiger partial charge on any atom is 0.263 e. The lowest BCUT2D eigenvalue weighted by Crippen LogP contribution is -2.18. The van der Waals surface area contributed by atoms with Gasteiger partial charge in [0.25, 0.3) is 10.0 Å². The summed E-state index contributed by atoms with van der Waals surface area (Å²) in [7, 11) is -8.02. The van der Waals surface area contributed by atoms with Gasteiger partial charge in [-0.3, -0.25) is 4.72 Å². The topological polar surface area (TPSA) is 148 Å². The van der Waals surface area contributed by atoms with Crippen molar-refractivity contribution in [2.45, 2.75) is 9.79 Å². The van der Waals surface area contributed by atoms with Gasteiger partial charge in [0.05, 0.1) is 22.5 Å². The summed E-state index contributed by atoms with van der Waals surface area (Å²) in [4.78, 5) is -0.691. The number of anilines is 2. The molecule has 0 spiro atoms. The van der Waals surface area contributed by atoms with Gasteiger partial charge < -0.3 is 5.73 Å². The van der Waals surface area contributed by atoms with E-state index in [4.69, 9.17) is 11.0 Å². The summed E-state index contributed by atoms with van der Waals surface area (Å²) in [6.45, 7) is 0. The number of benzene rings is 2. The van der Waals surface area contributed by atoms with Gasteiger partial charge in [0.1, 0.15) is 22.3 Å². The number of para-hydroxylation sites is 2. The lowest BCUT2D eigenvalue weighted by atomic mass is 10.2. The van der Waals surface area contributed by atoms with Crippen LogP contribution < -0.4 is 10.5 Å². The fourth-order valence-electron chi connectivity index (χ4n) is 2.56. The Kier molecular flexibility index (Phi) is 4.84. The Labute approximate surface area is 162 Å². The third-order valence-electron chi connectivity index (χ3n) is 3.84. The number of nitrogens with two attached hydrogens (primary N) is 1. The Morgan fingerprint density at radius 3 is 2.25 bits per heavy atom. The van der Waals surface area contributed by atoms with Crippen molar-refractivity contribution in [3.8, 4) is 11.8 Å². The molecule has 144 valence electrons. The molecule has 0 fully saturated rings. The van der Waals surface area contributed by atoms with Crippen LogP contribution in [0.3, 0.4) is 0 Å². The lowest BCUT2D eigenvalue weighted by Gasteiger charge is -2.15. The molecule has 28 heavy (non-hydrogen) atoms. The predicted molar refractivity (Wildman–Crippen MR) is 103 cm³/mol. The Balaban J connectivity index is 2.12. The van der Waals surface area contributed by atoms with E-state index in [1.54, 1.807) is 18.2 Å². The van der Waals surface area contributed by atoms with E-state index in [2.05, 4.69) is 9.82 Å². The van der Waals surface area contributed by atoms with E-state index in [9.17, 15) is 16.8 Å². The van der Waals surface area contributed by atoms with E-state index < -0.39 is 19.9 Å². The average molecular weight is 417 g/mol. The second kappa shape index (κ2) is 6.99. The fraction of sp³-hybridized carbons (Fsp3) is 0.0588. The zero-order valence-electron chi connectivity index (χ0n) is 14.6. The Bertz CT molecular complexity index is 1310. The number of rotatable bonds is 5. The molecule has 0 amide bonds. The van der Waals surface area contributed by atoms with Crippen LogP contribution >= 0.6 is 0 Å². The fourth-order valence-corrected chi connectivity index (χ4v) is 5.26. The first-order chi connectivity index (χ1) is 13.1. The SMILES string of the molecule is CS(=O)(=O)c1ccccc1S(=O)(=O)Nc1ccccc1-n1ncc(C#N)c1N. The molecule has 1 aromatic heterocycles. The van der Waals surface area contributed by atoms with Gasteiger partial charge in [-0.15, -0.1) is 0 Å². The average Bonchev–Trinajstić information content (AvgIpc) is 3.01. The first-order valence-corrected chi connectivity index (χ1v) is 11.2. The monoisotopic (exact) mass is 417 g/mol. The molecule has 0 aliphatic carbocycles. The van der Waals surface area contributed by atoms with Crippen molar-refractivity contribution >= 4 is 31.4 Å². The molecule has 0 radical (unpaired) electrons. The number of hydrogen-bond donors (Lipinski definition) is 2. The van der Waals surface area contributed by atoms with E-state index >= 15 is 0 Å². The summed E-state index contributed by atoms with van der Waals surface area (Å²) in [5.74, 6) is 0.0469. The Morgan fingerprint density at radius 2 is 1.64 bits per heavy atom. The molecule has 0 saturated heterocycles. The van der Waals surface area contributed by atoms with Crippen LogP contribution in [-0.2, 0) is 19.9 Å². The van der Waals surface area contributed by atoms with Crippen LogP contribution in [0, 0.1) is 11.3 Å². The zero-order chi connectivity index (χ0) is 20.5. The minimum absolute atomic E-state index is 0.0469. The second-order valence-corrected chi connectivity index (χ2v) is 9.44. The van der Waals surface area contributed by atoms with Gasteiger partial charge in [0.15, 0.2) is 9.84 Å². The third kappa shape index (κ3) is 3.55. The number of nitrogens with zero attached hydrogens (tertiary/aromatic N) is 3. The van der Waals surface area contributed by atoms with Crippen molar-refractivity contribution in [2.24, 2.45) is 0 Å². The Morgan fingerprint density at radius 1 is 1.04 bits per heavy atom. The highest BCUT2D eigenvalue weighted by atomic mass is 32.2. The normalized spacial score (nSPS) is 11.7. The van der Waals surface area contributed by atoms with Crippen LogP contribution in [0.2, 0.25) is 0 Å². The largest absolute Gasteiger partial charge is 0.382 e. The molecule has 11 heteroatoms. The maximum absolute atomic E-state index is 12.9. The molecule has 1 heterocycles. The predicted octanol–water partition coefficient (Wildman–Crippen LogP) is 1.53. The molecule has 0 saturated carbocycles. The minimum Gasteiger partial charge on any atom is -0.382 e. The number of sulfone groups is 1. The molecule has 9 nitrogen and oxygen atoms in total. The molecular weight excluding hydrogens is 402 g/mol. The lowest BCUT2D eigenvalue weighted by molar-refractivity contribution is 0.588. The number of hydrogen-bond acceptors (Lipinski definition) is 7. The van der Waals surface area contributed by atoms with Gasteiger partial charge in [-0.1, -0.05) is 24.3 Å². The number of nitrogens with one attached hydrogen (secondary N) is 1. The standard InChI is InChI=1S/C17H15N5O4S2/c1-27(23,24)15-8-4-5-9-16(15)28(25,26)21-13-6-2-3-7-14(13)22-17(19)12(10-18)11-20-22/h2-9,11,21H,19H2,1H3. The smallest absolute Gasteiger partial charge is 0.263 e. The summed E-state index contributed by atoms with van der Waals surface area (Å²) >= 11 is 0. The van der Waals surface area contributed by atoms with Crippen molar-refractivity contribution in [3.63, 3.8) is 0 Å². The quantitative estimate of drug-likeness (QED) is 0.639. The van der Waals surface area contributed by atoms with E-state index in [1.165, 1.54) is 41.2 Å². The summed E-state index contributed by atoms with van der Waals surface area (Å²) < 4.78 is 53.4. The molecule has 3 N–H and O–H groups in total. The van der Waals surface area contributed by atoms with Crippen LogP contribution in [0.5, 0.6) is 0 Å². The van der Waals surface area contributed by atoms with Crippen LogP contribution in [0.25, 0.3) is 5.69 Å². The highest BCUT2D eigenvalue weighted by Crippen LogP contribution is 2.28. The van der Waals surface area contributed by atoms with E-state index in [0.29, 0.717) is 0 Å². The summed E-state index contributed by atoms with van der Waals surface area (Å²) in [5.41, 5.74) is 6.43. The molecular formula is C17H15N5O4S2. The van der Waals surface area contributed by atoms with Crippen LogP contribution in [0.1, 0.15) is 5.56 Å². The first kappa shape index (κ1) is 19.4. The molecule has 0 aliphatic rings. The van der Waals surface area contributed by atoms with Gasteiger partial charge in [-0.05, 0) is 24.3 Å². The summed E-state index contributed by atoms with van der Waals surface area (Å²) in [5, 5.41) is 13.1. The number of aromatic nitrogens is 2. The van der Waals surface area contributed by atoms with Crippen molar-refractivity contribution < 1.29 is 16.8 Å². The summed E-state index contributed by atoms with van der Waals surface area (Å²) in [6.07, 6.45) is 2.20. The van der Waals surface area contributed by atoms with Crippen LogP contribution in [-0.4, -0.2) is 32.9 Å². The van der Waals surface area contributed by atoms with Gasteiger partial charge in [0, 0.05) is 6.26 Å². The van der Waals surface area contributed by atoms with Gasteiger partial charge >= 0.3 is 0 Å². The van der Waals surface area contributed by atoms with Gasteiger partial charge in [-0.25, -0.2) is 21.5 Å². The van der Waals surface area contributed by atoms with Gasteiger partial charge in [-0.2, -0.15) is 10.4 Å². The number of nitriles is 1. The van der Waals surface area contributed by atoms with E-state index in [-0.39, 0.29) is 32.5 Å².